The van der Waals surface area contributed by atoms with Gasteiger partial charge in [-0.2, -0.15) is 0 Å². The summed E-state index contributed by atoms with van der Waals surface area (Å²) in [5.74, 6) is -0.133. The molecule has 5 rings (SSSR count). The minimum atomic E-state index is -4.08. The molecule has 0 radical (unpaired) electrons. The minimum absolute atomic E-state index is 0.00399. The zero-order chi connectivity index (χ0) is 31.3. The highest BCUT2D eigenvalue weighted by molar-refractivity contribution is 7.89. The smallest absolute Gasteiger partial charge is 0.328 e. The molecule has 1 aromatic heterocycles. The quantitative estimate of drug-likeness (QED) is 0.256. The predicted octanol–water partition coefficient (Wildman–Crippen LogP) is 3.95. The van der Waals surface area contributed by atoms with E-state index in [2.05, 4.69) is 25.1 Å². The number of aromatic amines is 1. The number of benzene rings is 3. The first-order chi connectivity index (χ1) is 21.0. The Morgan fingerprint density at radius 1 is 0.932 bits per heavy atom. The van der Waals surface area contributed by atoms with Crippen LogP contribution in [0.1, 0.15) is 43.4 Å². The molecule has 0 bridgehead atoms. The highest BCUT2D eigenvalue weighted by Gasteiger charge is 2.38. The number of aromatic nitrogens is 2. The highest BCUT2D eigenvalue weighted by Crippen LogP contribution is 2.25. The summed E-state index contributed by atoms with van der Waals surface area (Å²) in [6.45, 7) is 9.18. The van der Waals surface area contributed by atoms with E-state index < -0.39 is 21.5 Å². The molecule has 2 N–H and O–H groups in total. The van der Waals surface area contributed by atoms with Crippen molar-refractivity contribution < 1.29 is 22.8 Å². The molecule has 3 aromatic carbocycles. The van der Waals surface area contributed by atoms with E-state index in [0.29, 0.717) is 5.56 Å². The van der Waals surface area contributed by atoms with E-state index in [4.69, 9.17) is 4.84 Å². The van der Waals surface area contributed by atoms with E-state index in [9.17, 15) is 18.0 Å². The first-order valence-corrected chi connectivity index (χ1v) is 16.1. The van der Waals surface area contributed by atoms with Crippen LogP contribution < -0.4 is 10.2 Å². The molecule has 1 aliphatic heterocycles. The highest BCUT2D eigenvalue weighted by atomic mass is 32.2. The first kappa shape index (κ1) is 31.2. The molecule has 1 saturated heterocycles. The third kappa shape index (κ3) is 7.44. The number of hydrogen-bond acceptors (Lipinski definition) is 8. The van der Waals surface area contributed by atoms with Crippen molar-refractivity contribution in [2.45, 2.75) is 44.2 Å². The Bertz CT molecular complexity index is 1660. The third-order valence-electron chi connectivity index (χ3n) is 7.29. The molecular weight excluding hydrogens is 580 g/mol. The zero-order valence-corrected chi connectivity index (χ0v) is 26.0. The second kappa shape index (κ2) is 13.2. The fourth-order valence-corrected chi connectivity index (χ4v) is 6.63. The van der Waals surface area contributed by atoms with Gasteiger partial charge in [-0.15, -0.1) is 0 Å². The van der Waals surface area contributed by atoms with Gasteiger partial charge in [-0.25, -0.2) is 13.4 Å². The van der Waals surface area contributed by atoms with Crippen LogP contribution in [0.25, 0.3) is 11.0 Å². The van der Waals surface area contributed by atoms with Gasteiger partial charge in [0.25, 0.3) is 15.9 Å². The van der Waals surface area contributed by atoms with Gasteiger partial charge < -0.3 is 20.0 Å². The van der Waals surface area contributed by atoms with Gasteiger partial charge in [0.1, 0.15) is 5.82 Å². The maximum Gasteiger partial charge on any atom is 0.328 e. The summed E-state index contributed by atoms with van der Waals surface area (Å²) in [7, 11) is -4.08. The average Bonchev–Trinajstić information content (AvgIpc) is 3.42. The molecule has 0 atom stereocenters. The fourth-order valence-electron chi connectivity index (χ4n) is 5.03. The normalized spacial score (nSPS) is 14.6. The summed E-state index contributed by atoms with van der Waals surface area (Å²) in [6.07, 6.45) is -0.195. The van der Waals surface area contributed by atoms with Crippen molar-refractivity contribution in [3.63, 3.8) is 0 Å². The summed E-state index contributed by atoms with van der Waals surface area (Å²) >= 11 is 0. The SMILES string of the molecule is CC(C)(C)N(OC(=O)CCNC(=O)c1ccc(N2CCN(Cc3nc4ccccc4[nH]3)CC2)cc1)S(=O)(=O)c1ccccc1. The Hall–Kier alpha value is -4.26. The number of para-hydroxylation sites is 2. The van der Waals surface area contributed by atoms with Crippen LogP contribution in [0.3, 0.4) is 0 Å². The molecule has 0 aliphatic carbocycles. The van der Waals surface area contributed by atoms with Gasteiger partial charge in [0.2, 0.25) is 0 Å². The molecule has 0 spiro atoms. The number of sulfonamides is 1. The van der Waals surface area contributed by atoms with Crippen LogP contribution >= 0.6 is 0 Å². The number of rotatable bonds is 10. The van der Waals surface area contributed by atoms with Gasteiger partial charge in [0, 0.05) is 44.0 Å². The molecule has 11 nitrogen and oxygen atoms in total. The van der Waals surface area contributed by atoms with Gasteiger partial charge >= 0.3 is 5.97 Å². The Morgan fingerprint density at radius 3 is 2.25 bits per heavy atom. The van der Waals surface area contributed by atoms with Crippen LogP contribution in [0, 0.1) is 0 Å². The number of hydrogen-bond donors (Lipinski definition) is 2. The maximum atomic E-state index is 13.1. The number of anilines is 1. The topological polar surface area (TPSA) is 128 Å². The number of fused-ring (bicyclic) bond motifs is 1. The summed E-state index contributed by atoms with van der Waals surface area (Å²) in [4.78, 5) is 43.4. The van der Waals surface area contributed by atoms with Gasteiger partial charge in [-0.1, -0.05) is 30.3 Å². The van der Waals surface area contributed by atoms with E-state index in [1.54, 1.807) is 51.1 Å². The van der Waals surface area contributed by atoms with Crippen LogP contribution in [0.2, 0.25) is 0 Å². The molecule has 1 aliphatic rings. The molecule has 4 aromatic rings. The van der Waals surface area contributed by atoms with Crippen molar-refractivity contribution in [3.8, 4) is 0 Å². The third-order valence-corrected chi connectivity index (χ3v) is 9.21. The Kier molecular flexibility index (Phi) is 9.33. The van der Waals surface area contributed by atoms with E-state index >= 15 is 0 Å². The Labute approximate surface area is 257 Å². The monoisotopic (exact) mass is 618 g/mol. The van der Waals surface area contributed by atoms with Crippen LogP contribution in [0.4, 0.5) is 5.69 Å². The molecule has 44 heavy (non-hydrogen) atoms. The molecule has 12 heteroatoms. The van der Waals surface area contributed by atoms with Crippen molar-refractivity contribution >= 4 is 38.6 Å². The molecular formula is C32H38N6O5S. The van der Waals surface area contributed by atoms with E-state index in [1.807, 2.05) is 36.4 Å². The van der Waals surface area contributed by atoms with Crippen LogP contribution in [0.15, 0.2) is 83.8 Å². The molecule has 1 fully saturated rings. The fraction of sp³-hybridized carbons (Fsp3) is 0.344. The average molecular weight is 619 g/mol. The lowest BCUT2D eigenvalue weighted by atomic mass is 10.1. The zero-order valence-electron chi connectivity index (χ0n) is 25.2. The van der Waals surface area contributed by atoms with E-state index in [0.717, 1.165) is 59.7 Å². The lowest BCUT2D eigenvalue weighted by Gasteiger charge is -2.35. The second-order valence-corrected chi connectivity index (χ2v) is 13.4. The van der Waals surface area contributed by atoms with Crippen LogP contribution in [-0.4, -0.2) is 77.9 Å². The van der Waals surface area contributed by atoms with E-state index in [1.165, 1.54) is 12.1 Å². The van der Waals surface area contributed by atoms with Crippen LogP contribution in [0.5, 0.6) is 0 Å². The van der Waals surface area contributed by atoms with Gasteiger partial charge in [0.05, 0.1) is 34.4 Å². The van der Waals surface area contributed by atoms with Crippen molar-refractivity contribution in [2.75, 3.05) is 37.6 Å². The molecule has 0 unspecified atom stereocenters. The summed E-state index contributed by atoms with van der Waals surface area (Å²) in [5, 5.41) is 2.71. The maximum absolute atomic E-state index is 13.1. The number of hydroxylamine groups is 1. The second-order valence-electron chi connectivity index (χ2n) is 11.7. The molecule has 1 amide bonds. The lowest BCUT2D eigenvalue weighted by Crippen LogP contribution is -2.46. The number of H-pyrrole nitrogens is 1. The van der Waals surface area contributed by atoms with Crippen molar-refractivity contribution in [2.24, 2.45) is 0 Å². The summed E-state index contributed by atoms with van der Waals surface area (Å²) in [6, 6.07) is 23.2. The number of carbonyl (C=O) groups excluding carboxylic acids is 2. The number of imidazole rings is 1. The number of amides is 1. The number of piperazine rings is 1. The molecule has 232 valence electrons. The Balaban J connectivity index is 1.08. The van der Waals surface area contributed by atoms with Gasteiger partial charge in [-0.05, 0) is 73.8 Å². The number of nitrogens with one attached hydrogen (secondary N) is 2. The molecule has 2 heterocycles. The van der Waals surface area contributed by atoms with Crippen molar-refractivity contribution in [1.29, 1.82) is 0 Å². The standard InChI is InChI=1S/C32H38N6O5S/c1-32(2,3)38(44(41,42)26-9-5-4-6-10-26)43-30(39)17-18-33-31(40)24-13-15-25(16-14-24)37-21-19-36(20-22-37)23-29-34-27-11-7-8-12-28(27)35-29/h4-16H,17-23H2,1-3H3,(H,33,40)(H,34,35). The number of carbonyl (C=O) groups is 2. The van der Waals surface area contributed by atoms with Crippen LogP contribution in [-0.2, 0) is 26.2 Å². The van der Waals surface area contributed by atoms with Crippen molar-refractivity contribution in [3.05, 3.63) is 90.3 Å². The van der Waals surface area contributed by atoms with Crippen molar-refractivity contribution in [1.82, 2.24) is 24.7 Å². The first-order valence-electron chi connectivity index (χ1n) is 14.6. The minimum Gasteiger partial charge on any atom is -0.369 e. The van der Waals surface area contributed by atoms with Gasteiger partial charge in [-0.3, -0.25) is 14.5 Å². The summed E-state index contributed by atoms with van der Waals surface area (Å²) in [5.41, 5.74) is 2.51. The Morgan fingerprint density at radius 2 is 1.59 bits per heavy atom. The lowest BCUT2D eigenvalue weighted by molar-refractivity contribution is -0.182. The number of nitrogens with zero attached hydrogens (tertiary/aromatic N) is 4. The molecule has 0 saturated carbocycles. The van der Waals surface area contributed by atoms with Gasteiger partial charge in [0.15, 0.2) is 0 Å². The predicted molar refractivity (Wildman–Crippen MR) is 168 cm³/mol. The summed E-state index contributed by atoms with van der Waals surface area (Å²) < 4.78 is 26.9. The largest absolute Gasteiger partial charge is 0.369 e. The van der Waals surface area contributed by atoms with E-state index in [-0.39, 0.29) is 23.8 Å².